The van der Waals surface area contributed by atoms with Gasteiger partial charge in [-0.05, 0) is 28.4 Å². The predicted octanol–water partition coefficient (Wildman–Crippen LogP) is 4.38. The Bertz CT molecular complexity index is 331. The molecule has 0 saturated carbocycles. The maximum Gasteiger partial charge on any atom is 0.137 e. The summed E-state index contributed by atoms with van der Waals surface area (Å²) in [7, 11) is 0. The summed E-state index contributed by atoms with van der Waals surface area (Å²) in [6.07, 6.45) is 2.25. The van der Waals surface area contributed by atoms with E-state index in [2.05, 4.69) is 22.9 Å². The second-order valence-electron chi connectivity index (χ2n) is 3.68. The SMILES string of the molecule is CCCCOCCOc1c(Br)cccc1CCl. The van der Waals surface area contributed by atoms with Crippen LogP contribution in [0.3, 0.4) is 0 Å². The first kappa shape index (κ1) is 14.8. The van der Waals surface area contributed by atoms with Crippen LogP contribution in [0.25, 0.3) is 0 Å². The van der Waals surface area contributed by atoms with Crippen LogP contribution in [0.4, 0.5) is 0 Å². The third kappa shape index (κ3) is 5.28. The van der Waals surface area contributed by atoms with E-state index in [9.17, 15) is 0 Å². The lowest BCUT2D eigenvalue weighted by Crippen LogP contribution is -2.08. The van der Waals surface area contributed by atoms with E-state index in [1.165, 1.54) is 0 Å². The second kappa shape index (κ2) is 8.78. The van der Waals surface area contributed by atoms with Crippen molar-refractivity contribution in [2.45, 2.75) is 25.6 Å². The fourth-order valence-electron chi connectivity index (χ4n) is 1.37. The van der Waals surface area contributed by atoms with Crippen LogP contribution in [0.5, 0.6) is 5.75 Å². The zero-order valence-electron chi connectivity index (χ0n) is 10.0. The van der Waals surface area contributed by atoms with Crippen molar-refractivity contribution in [1.82, 2.24) is 0 Å². The lowest BCUT2D eigenvalue weighted by Gasteiger charge is -2.12. The molecule has 0 N–H and O–H groups in total. The van der Waals surface area contributed by atoms with Gasteiger partial charge in [-0.25, -0.2) is 0 Å². The summed E-state index contributed by atoms with van der Waals surface area (Å²) in [4.78, 5) is 0. The first-order valence-corrected chi connectivity index (χ1v) is 7.16. The summed E-state index contributed by atoms with van der Waals surface area (Å²) in [5, 5.41) is 0. The monoisotopic (exact) mass is 320 g/mol. The van der Waals surface area contributed by atoms with Gasteiger partial charge in [-0.1, -0.05) is 25.5 Å². The van der Waals surface area contributed by atoms with Crippen molar-refractivity contribution in [2.24, 2.45) is 0 Å². The summed E-state index contributed by atoms with van der Waals surface area (Å²) < 4.78 is 12.1. The van der Waals surface area contributed by atoms with Gasteiger partial charge in [-0.2, -0.15) is 0 Å². The van der Waals surface area contributed by atoms with Crippen LogP contribution in [0.1, 0.15) is 25.3 Å². The molecule has 0 amide bonds. The quantitative estimate of drug-likeness (QED) is 0.522. The molecule has 0 bridgehead atoms. The van der Waals surface area contributed by atoms with Crippen molar-refractivity contribution < 1.29 is 9.47 Å². The first-order chi connectivity index (χ1) is 8.29. The molecule has 0 spiro atoms. The smallest absolute Gasteiger partial charge is 0.137 e. The Hall–Kier alpha value is -0.250. The molecule has 1 rings (SSSR count). The highest BCUT2D eigenvalue weighted by molar-refractivity contribution is 9.10. The number of hydrogen-bond donors (Lipinski definition) is 0. The van der Waals surface area contributed by atoms with Crippen molar-refractivity contribution in [3.8, 4) is 5.75 Å². The summed E-state index contributed by atoms with van der Waals surface area (Å²) in [6.45, 7) is 4.12. The fraction of sp³-hybridized carbons (Fsp3) is 0.538. The molecule has 0 aliphatic heterocycles. The molecule has 0 atom stereocenters. The van der Waals surface area contributed by atoms with E-state index in [0.717, 1.165) is 35.2 Å². The van der Waals surface area contributed by atoms with Crippen molar-refractivity contribution in [3.05, 3.63) is 28.2 Å². The molecular weight excluding hydrogens is 303 g/mol. The number of para-hydroxylation sites is 1. The van der Waals surface area contributed by atoms with Crippen molar-refractivity contribution in [3.63, 3.8) is 0 Å². The predicted molar refractivity (Wildman–Crippen MR) is 74.9 cm³/mol. The van der Waals surface area contributed by atoms with Crippen LogP contribution in [-0.4, -0.2) is 19.8 Å². The number of hydrogen-bond acceptors (Lipinski definition) is 2. The summed E-state index contributed by atoms with van der Waals surface area (Å²) in [6, 6.07) is 5.86. The highest BCUT2D eigenvalue weighted by Crippen LogP contribution is 2.30. The van der Waals surface area contributed by atoms with Crippen molar-refractivity contribution in [2.75, 3.05) is 19.8 Å². The van der Waals surface area contributed by atoms with Gasteiger partial charge in [0.25, 0.3) is 0 Å². The molecule has 0 unspecified atom stereocenters. The van der Waals surface area contributed by atoms with Gasteiger partial charge in [0.15, 0.2) is 0 Å². The van der Waals surface area contributed by atoms with Crippen LogP contribution in [0.15, 0.2) is 22.7 Å². The molecule has 0 fully saturated rings. The topological polar surface area (TPSA) is 18.5 Å². The number of benzene rings is 1. The summed E-state index contributed by atoms with van der Waals surface area (Å²) >= 11 is 9.31. The number of alkyl halides is 1. The molecule has 4 heteroatoms. The third-order valence-corrected chi connectivity index (χ3v) is 3.22. The average molecular weight is 322 g/mol. The summed E-state index contributed by atoms with van der Waals surface area (Å²) in [5.41, 5.74) is 0.995. The Labute approximate surface area is 116 Å². The molecule has 0 radical (unpaired) electrons. The maximum absolute atomic E-state index is 5.85. The third-order valence-electron chi connectivity index (χ3n) is 2.31. The Balaban J connectivity index is 2.35. The van der Waals surface area contributed by atoms with E-state index in [1.807, 2.05) is 18.2 Å². The van der Waals surface area contributed by atoms with Crippen molar-refractivity contribution in [1.29, 1.82) is 0 Å². The minimum atomic E-state index is 0.450. The molecule has 0 saturated heterocycles. The normalized spacial score (nSPS) is 10.5. The van der Waals surface area contributed by atoms with E-state index in [4.69, 9.17) is 21.1 Å². The van der Waals surface area contributed by atoms with E-state index in [0.29, 0.717) is 19.1 Å². The van der Waals surface area contributed by atoms with Crippen LogP contribution in [0, 0.1) is 0 Å². The molecule has 96 valence electrons. The Morgan fingerprint density at radius 2 is 2.06 bits per heavy atom. The molecule has 0 heterocycles. The number of unbranched alkanes of at least 4 members (excludes halogenated alkanes) is 1. The Morgan fingerprint density at radius 3 is 2.76 bits per heavy atom. The molecule has 0 aromatic heterocycles. The zero-order chi connectivity index (χ0) is 12.5. The van der Waals surface area contributed by atoms with Crippen LogP contribution in [-0.2, 0) is 10.6 Å². The van der Waals surface area contributed by atoms with Gasteiger partial charge < -0.3 is 9.47 Å². The lowest BCUT2D eigenvalue weighted by atomic mass is 10.2. The van der Waals surface area contributed by atoms with Gasteiger partial charge >= 0.3 is 0 Å². The minimum Gasteiger partial charge on any atom is -0.490 e. The number of ether oxygens (including phenoxy) is 2. The minimum absolute atomic E-state index is 0.450. The largest absolute Gasteiger partial charge is 0.490 e. The van der Waals surface area contributed by atoms with Gasteiger partial charge in [-0.15, -0.1) is 11.6 Å². The van der Waals surface area contributed by atoms with E-state index < -0.39 is 0 Å². The molecule has 2 nitrogen and oxygen atoms in total. The van der Waals surface area contributed by atoms with Crippen LogP contribution in [0.2, 0.25) is 0 Å². The van der Waals surface area contributed by atoms with Gasteiger partial charge in [0.1, 0.15) is 12.4 Å². The van der Waals surface area contributed by atoms with E-state index in [1.54, 1.807) is 0 Å². The van der Waals surface area contributed by atoms with Crippen LogP contribution >= 0.6 is 27.5 Å². The molecule has 0 aliphatic rings. The molecule has 17 heavy (non-hydrogen) atoms. The van der Waals surface area contributed by atoms with E-state index in [-0.39, 0.29) is 0 Å². The fourth-order valence-corrected chi connectivity index (χ4v) is 2.10. The molecule has 0 aliphatic carbocycles. The standard InChI is InChI=1S/C13H18BrClO2/c1-2-3-7-16-8-9-17-13-11(10-15)5-4-6-12(13)14/h4-6H,2-3,7-10H2,1H3. The zero-order valence-corrected chi connectivity index (χ0v) is 12.4. The van der Waals surface area contributed by atoms with E-state index >= 15 is 0 Å². The number of halogens is 2. The van der Waals surface area contributed by atoms with Gasteiger partial charge in [0.05, 0.1) is 17.0 Å². The van der Waals surface area contributed by atoms with Gasteiger partial charge in [0.2, 0.25) is 0 Å². The highest BCUT2D eigenvalue weighted by Gasteiger charge is 2.06. The maximum atomic E-state index is 5.85. The summed E-state index contributed by atoms with van der Waals surface area (Å²) in [5.74, 6) is 1.27. The lowest BCUT2D eigenvalue weighted by molar-refractivity contribution is 0.0975. The average Bonchev–Trinajstić information content (AvgIpc) is 2.35. The van der Waals surface area contributed by atoms with Gasteiger partial charge in [-0.3, -0.25) is 0 Å². The molecule has 1 aromatic rings. The highest BCUT2D eigenvalue weighted by atomic mass is 79.9. The van der Waals surface area contributed by atoms with Crippen LogP contribution < -0.4 is 4.74 Å². The van der Waals surface area contributed by atoms with Crippen molar-refractivity contribution >= 4 is 27.5 Å². The Kier molecular flexibility index (Phi) is 7.65. The first-order valence-electron chi connectivity index (χ1n) is 5.83. The molecular formula is C13H18BrClO2. The second-order valence-corrected chi connectivity index (χ2v) is 4.80. The molecule has 1 aromatic carbocycles. The van der Waals surface area contributed by atoms with Gasteiger partial charge in [0, 0.05) is 12.2 Å². The number of rotatable bonds is 8. The Morgan fingerprint density at radius 1 is 1.24 bits per heavy atom.